The molecule has 0 N–H and O–H groups in total. The molecular formula is C23H48O. The second-order valence-corrected chi connectivity index (χ2v) is 7.62. The largest absolute Gasteiger partial charge is 0.381 e. The van der Waals surface area contributed by atoms with Crippen LogP contribution in [0.2, 0.25) is 0 Å². The van der Waals surface area contributed by atoms with Gasteiger partial charge in [-0.25, -0.2) is 0 Å². The van der Waals surface area contributed by atoms with Crippen LogP contribution < -0.4 is 0 Å². The van der Waals surface area contributed by atoms with Crippen molar-refractivity contribution in [2.45, 2.75) is 136 Å². The van der Waals surface area contributed by atoms with E-state index in [0.717, 1.165) is 13.2 Å². The highest BCUT2D eigenvalue weighted by molar-refractivity contribution is 4.49. The van der Waals surface area contributed by atoms with Crippen LogP contribution in [-0.4, -0.2) is 13.2 Å². The summed E-state index contributed by atoms with van der Waals surface area (Å²) in [5.74, 6) is 0. The lowest BCUT2D eigenvalue weighted by molar-refractivity contribution is 0.125. The van der Waals surface area contributed by atoms with Crippen LogP contribution in [0.5, 0.6) is 0 Å². The van der Waals surface area contributed by atoms with Crippen molar-refractivity contribution in [1.82, 2.24) is 0 Å². The van der Waals surface area contributed by atoms with Crippen LogP contribution in [0.3, 0.4) is 0 Å². The van der Waals surface area contributed by atoms with E-state index in [-0.39, 0.29) is 0 Å². The zero-order valence-corrected chi connectivity index (χ0v) is 17.3. The van der Waals surface area contributed by atoms with Crippen LogP contribution in [0.15, 0.2) is 0 Å². The highest BCUT2D eigenvalue weighted by atomic mass is 16.5. The van der Waals surface area contributed by atoms with Gasteiger partial charge in [0, 0.05) is 13.2 Å². The summed E-state index contributed by atoms with van der Waals surface area (Å²) in [6.07, 6.45) is 26.7. The van der Waals surface area contributed by atoms with Crippen LogP contribution in [-0.2, 0) is 4.74 Å². The smallest absolute Gasteiger partial charge is 0.0466 e. The van der Waals surface area contributed by atoms with Crippen molar-refractivity contribution in [2.75, 3.05) is 13.2 Å². The molecule has 0 heterocycles. The lowest BCUT2D eigenvalue weighted by Gasteiger charge is -2.05. The molecule has 0 aromatic carbocycles. The van der Waals surface area contributed by atoms with E-state index in [1.165, 1.54) is 122 Å². The van der Waals surface area contributed by atoms with E-state index in [4.69, 9.17) is 4.74 Å². The van der Waals surface area contributed by atoms with Gasteiger partial charge in [-0.05, 0) is 12.8 Å². The van der Waals surface area contributed by atoms with Crippen LogP contribution in [0, 0.1) is 0 Å². The third kappa shape index (κ3) is 22.0. The Morgan fingerprint density at radius 1 is 0.333 bits per heavy atom. The van der Waals surface area contributed by atoms with Crippen LogP contribution in [0.4, 0.5) is 0 Å². The summed E-state index contributed by atoms with van der Waals surface area (Å²) in [5.41, 5.74) is 0. The molecule has 0 aliphatic carbocycles. The molecule has 0 saturated heterocycles. The zero-order valence-electron chi connectivity index (χ0n) is 17.3. The van der Waals surface area contributed by atoms with Crippen molar-refractivity contribution in [3.63, 3.8) is 0 Å². The van der Waals surface area contributed by atoms with E-state index >= 15 is 0 Å². The summed E-state index contributed by atoms with van der Waals surface area (Å²) in [6.45, 7) is 6.54. The first-order chi connectivity index (χ1) is 11.9. The molecule has 146 valence electrons. The number of hydrogen-bond acceptors (Lipinski definition) is 1. The molecule has 0 rings (SSSR count). The normalized spacial score (nSPS) is 11.2. The molecule has 1 heteroatoms. The average Bonchev–Trinajstić information content (AvgIpc) is 2.60. The summed E-state index contributed by atoms with van der Waals surface area (Å²) in [4.78, 5) is 0. The predicted octanol–water partition coefficient (Wildman–Crippen LogP) is 8.45. The van der Waals surface area contributed by atoms with Gasteiger partial charge < -0.3 is 4.74 Å². The molecule has 0 aromatic heterocycles. The molecule has 0 aliphatic heterocycles. The second kappa shape index (κ2) is 23.0. The Morgan fingerprint density at radius 3 is 0.875 bits per heavy atom. The van der Waals surface area contributed by atoms with Crippen molar-refractivity contribution >= 4 is 0 Å². The van der Waals surface area contributed by atoms with E-state index in [9.17, 15) is 0 Å². The van der Waals surface area contributed by atoms with Gasteiger partial charge in [-0.15, -0.1) is 0 Å². The number of hydrogen-bond donors (Lipinski definition) is 0. The van der Waals surface area contributed by atoms with E-state index in [1.807, 2.05) is 0 Å². The molecule has 0 radical (unpaired) electrons. The minimum Gasteiger partial charge on any atom is -0.381 e. The Balaban J connectivity index is 2.93. The second-order valence-electron chi connectivity index (χ2n) is 7.62. The fraction of sp³-hybridized carbons (Fsp3) is 1.00. The lowest BCUT2D eigenvalue weighted by atomic mass is 10.0. The summed E-state index contributed by atoms with van der Waals surface area (Å²) in [5, 5.41) is 0. The molecule has 24 heavy (non-hydrogen) atoms. The Labute approximate surface area is 154 Å². The highest BCUT2D eigenvalue weighted by Gasteiger charge is 1.95. The molecule has 0 amide bonds. The molecule has 0 aliphatic rings. The van der Waals surface area contributed by atoms with Crippen LogP contribution in [0.1, 0.15) is 136 Å². The summed E-state index contributed by atoms with van der Waals surface area (Å²) >= 11 is 0. The molecule has 1 nitrogen and oxygen atoms in total. The van der Waals surface area contributed by atoms with Gasteiger partial charge in [0.2, 0.25) is 0 Å². The molecule has 0 saturated carbocycles. The molecule has 0 aromatic rings. The van der Waals surface area contributed by atoms with E-state index < -0.39 is 0 Å². The van der Waals surface area contributed by atoms with Gasteiger partial charge in [-0.2, -0.15) is 0 Å². The molecule has 0 atom stereocenters. The molecular weight excluding hydrogens is 292 g/mol. The van der Waals surface area contributed by atoms with E-state index in [1.54, 1.807) is 0 Å². The third-order valence-corrected chi connectivity index (χ3v) is 5.03. The van der Waals surface area contributed by atoms with Gasteiger partial charge in [-0.1, -0.05) is 123 Å². The maximum Gasteiger partial charge on any atom is 0.0466 e. The van der Waals surface area contributed by atoms with Crippen molar-refractivity contribution in [3.8, 4) is 0 Å². The van der Waals surface area contributed by atoms with Gasteiger partial charge >= 0.3 is 0 Å². The summed E-state index contributed by atoms with van der Waals surface area (Å²) < 4.78 is 5.72. The molecule has 0 unspecified atom stereocenters. The first kappa shape index (κ1) is 24.0. The predicted molar refractivity (Wildman–Crippen MR) is 110 cm³/mol. The van der Waals surface area contributed by atoms with Crippen LogP contribution >= 0.6 is 0 Å². The Bertz CT molecular complexity index is 180. The molecule has 0 fully saturated rings. The standard InChI is InChI=1S/C23H48O/c1-3-5-7-9-10-11-12-13-14-15-16-17-19-21-23-24-22-20-18-8-6-4-2/h3-23H2,1-2H3. The minimum atomic E-state index is 0.988. The highest BCUT2D eigenvalue weighted by Crippen LogP contribution is 2.13. The zero-order chi connectivity index (χ0) is 17.6. The monoisotopic (exact) mass is 340 g/mol. The fourth-order valence-corrected chi connectivity index (χ4v) is 3.31. The van der Waals surface area contributed by atoms with Crippen molar-refractivity contribution in [2.24, 2.45) is 0 Å². The van der Waals surface area contributed by atoms with E-state index in [2.05, 4.69) is 13.8 Å². The first-order valence-electron chi connectivity index (χ1n) is 11.5. The molecule has 0 bridgehead atoms. The van der Waals surface area contributed by atoms with Crippen LogP contribution in [0.25, 0.3) is 0 Å². The number of rotatable bonds is 21. The average molecular weight is 341 g/mol. The minimum absolute atomic E-state index is 0.988. The Kier molecular flexibility index (Phi) is 22.9. The maximum absolute atomic E-state index is 5.72. The van der Waals surface area contributed by atoms with Gasteiger partial charge in [0.25, 0.3) is 0 Å². The Morgan fingerprint density at radius 2 is 0.583 bits per heavy atom. The van der Waals surface area contributed by atoms with Crippen molar-refractivity contribution in [1.29, 1.82) is 0 Å². The summed E-state index contributed by atoms with van der Waals surface area (Å²) in [7, 11) is 0. The van der Waals surface area contributed by atoms with E-state index in [0.29, 0.717) is 0 Å². The maximum atomic E-state index is 5.72. The quantitative estimate of drug-likeness (QED) is 0.190. The lowest BCUT2D eigenvalue weighted by Crippen LogP contribution is -1.97. The third-order valence-electron chi connectivity index (χ3n) is 5.03. The van der Waals surface area contributed by atoms with Gasteiger partial charge in [0.1, 0.15) is 0 Å². The number of unbranched alkanes of at least 4 members (excludes halogenated alkanes) is 17. The van der Waals surface area contributed by atoms with Crippen molar-refractivity contribution in [3.05, 3.63) is 0 Å². The number of ether oxygens (including phenoxy) is 1. The van der Waals surface area contributed by atoms with Gasteiger partial charge in [0.05, 0.1) is 0 Å². The molecule has 0 spiro atoms. The topological polar surface area (TPSA) is 9.23 Å². The first-order valence-corrected chi connectivity index (χ1v) is 11.5. The van der Waals surface area contributed by atoms with Gasteiger partial charge in [0.15, 0.2) is 0 Å². The summed E-state index contributed by atoms with van der Waals surface area (Å²) in [6, 6.07) is 0. The van der Waals surface area contributed by atoms with Crippen molar-refractivity contribution < 1.29 is 4.74 Å². The SMILES string of the molecule is CCCCCCCCCCCCCCCCOCCCCCCC. The fourth-order valence-electron chi connectivity index (χ4n) is 3.31. The Hall–Kier alpha value is -0.0400. The van der Waals surface area contributed by atoms with Gasteiger partial charge in [-0.3, -0.25) is 0 Å².